The maximum absolute atomic E-state index is 14.9. The number of aliphatic hydroxyl groups excluding tert-OH is 1. The second kappa shape index (κ2) is 11.3. The Kier molecular flexibility index (Phi) is 8.87. The summed E-state index contributed by atoms with van der Waals surface area (Å²) in [7, 11) is 0. The maximum atomic E-state index is 14.9. The molecule has 0 radical (unpaired) electrons. The number of hydrogen-bond acceptors (Lipinski definition) is 5. The third kappa shape index (κ3) is 5.42. The number of carbonyl (C=O) groups is 2. The van der Waals surface area contributed by atoms with Crippen LogP contribution in [0.4, 0.5) is 24.7 Å². The molecule has 2 aromatic carbocycles. The van der Waals surface area contributed by atoms with Crippen molar-refractivity contribution in [3.05, 3.63) is 86.2 Å². The van der Waals surface area contributed by atoms with Gasteiger partial charge in [-0.25, -0.2) is 18.2 Å². The average molecular weight is 611 g/mol. The fourth-order valence-electron chi connectivity index (χ4n) is 3.89. The number of amides is 2. The highest BCUT2D eigenvalue weighted by molar-refractivity contribution is 6.37. The van der Waals surface area contributed by atoms with Crippen molar-refractivity contribution in [2.75, 3.05) is 23.4 Å². The lowest BCUT2D eigenvalue weighted by Crippen LogP contribution is -2.48. The molecular weight excluding hydrogens is 593 g/mol. The minimum atomic E-state index is -3.77. The van der Waals surface area contributed by atoms with Crippen LogP contribution in [0.15, 0.2) is 48.7 Å². The van der Waals surface area contributed by atoms with E-state index in [-0.39, 0.29) is 50.1 Å². The number of alkyl halides is 2. The van der Waals surface area contributed by atoms with Gasteiger partial charge in [-0.05, 0) is 42.5 Å². The summed E-state index contributed by atoms with van der Waals surface area (Å²) in [6, 6.07) is 8.27. The monoisotopic (exact) mass is 609 g/mol. The lowest BCUT2D eigenvalue weighted by molar-refractivity contribution is -0.205. The molecule has 0 spiro atoms. The molecule has 202 valence electrons. The van der Waals surface area contributed by atoms with Crippen molar-refractivity contribution in [3.63, 3.8) is 0 Å². The summed E-state index contributed by atoms with van der Waals surface area (Å²) in [6.07, 6.45) is 0.168. The van der Waals surface area contributed by atoms with Crippen LogP contribution in [0.5, 0.6) is 0 Å². The molecule has 7 nitrogen and oxygen atoms in total. The normalized spacial score (nSPS) is 18.2. The maximum Gasteiger partial charge on any atom is 0.284 e. The minimum absolute atomic E-state index is 0. The molecule has 2 heterocycles. The van der Waals surface area contributed by atoms with E-state index in [2.05, 4.69) is 10.3 Å². The Balaban J connectivity index is 0.00000400. The summed E-state index contributed by atoms with van der Waals surface area (Å²) in [5.41, 5.74) is -3.63. The van der Waals surface area contributed by atoms with E-state index in [1.165, 1.54) is 24.3 Å². The molecule has 1 atom stereocenters. The van der Waals surface area contributed by atoms with E-state index in [0.29, 0.717) is 0 Å². The molecule has 3 aromatic rings. The van der Waals surface area contributed by atoms with E-state index in [0.717, 1.165) is 29.3 Å². The molecule has 0 fully saturated rings. The van der Waals surface area contributed by atoms with Crippen LogP contribution in [0.3, 0.4) is 0 Å². The first-order chi connectivity index (χ1) is 17.4. The van der Waals surface area contributed by atoms with Crippen molar-refractivity contribution in [3.8, 4) is 0 Å². The van der Waals surface area contributed by atoms with Gasteiger partial charge in [0.2, 0.25) is 0 Å². The molecule has 1 aliphatic rings. The van der Waals surface area contributed by atoms with Crippen molar-refractivity contribution in [1.29, 1.82) is 0 Å². The second-order valence-electron chi connectivity index (χ2n) is 8.22. The molecule has 1 aliphatic heterocycles. The fraction of sp³-hybridized carbons (Fsp3) is 0.208. The minimum Gasteiger partial charge on any atom is -0.393 e. The zero-order valence-corrected chi connectivity index (χ0v) is 22.1. The molecule has 1 aromatic heterocycles. The second-order valence-corrected chi connectivity index (χ2v) is 9.47. The van der Waals surface area contributed by atoms with Crippen LogP contribution in [-0.4, -0.2) is 46.1 Å². The Morgan fingerprint density at radius 2 is 1.79 bits per heavy atom. The molecule has 0 bridgehead atoms. The van der Waals surface area contributed by atoms with Crippen LogP contribution in [0.1, 0.15) is 32.7 Å². The molecule has 0 saturated heterocycles. The van der Waals surface area contributed by atoms with E-state index in [1.54, 1.807) is 0 Å². The molecule has 0 saturated carbocycles. The molecule has 4 rings (SSSR count). The summed E-state index contributed by atoms with van der Waals surface area (Å²) >= 11 is 17.5. The summed E-state index contributed by atoms with van der Waals surface area (Å²) < 4.78 is 43.5. The van der Waals surface area contributed by atoms with Crippen molar-refractivity contribution >= 4 is 70.5 Å². The van der Waals surface area contributed by atoms with E-state index < -0.39 is 54.3 Å². The number of anilines is 2. The number of pyridine rings is 1. The van der Waals surface area contributed by atoms with Crippen molar-refractivity contribution < 1.29 is 33.0 Å². The summed E-state index contributed by atoms with van der Waals surface area (Å²) in [6.45, 7) is -1.78. The zero-order valence-electron chi connectivity index (χ0n) is 19.0. The number of benzene rings is 2. The van der Waals surface area contributed by atoms with Crippen LogP contribution in [-0.2, 0) is 5.60 Å². The summed E-state index contributed by atoms with van der Waals surface area (Å²) in [5, 5.41) is 22.5. The van der Waals surface area contributed by atoms with E-state index >= 15 is 0 Å². The predicted molar refractivity (Wildman–Crippen MR) is 140 cm³/mol. The van der Waals surface area contributed by atoms with Crippen LogP contribution in [0.2, 0.25) is 15.1 Å². The smallest absolute Gasteiger partial charge is 0.284 e. The van der Waals surface area contributed by atoms with Gasteiger partial charge in [-0.2, -0.15) is 0 Å². The van der Waals surface area contributed by atoms with E-state index in [4.69, 9.17) is 34.8 Å². The molecule has 14 heteroatoms. The van der Waals surface area contributed by atoms with Crippen molar-refractivity contribution in [2.45, 2.75) is 17.9 Å². The Labute approximate surface area is 235 Å². The van der Waals surface area contributed by atoms with Crippen LogP contribution >= 0.6 is 47.2 Å². The first-order valence-corrected chi connectivity index (χ1v) is 11.8. The van der Waals surface area contributed by atoms with Crippen LogP contribution in [0, 0.1) is 5.82 Å². The highest BCUT2D eigenvalue weighted by atomic mass is 35.5. The molecule has 2 amide bonds. The third-order valence-electron chi connectivity index (χ3n) is 5.93. The average Bonchev–Trinajstić information content (AvgIpc) is 2.94. The van der Waals surface area contributed by atoms with Crippen LogP contribution in [0.25, 0.3) is 0 Å². The molecule has 38 heavy (non-hydrogen) atoms. The lowest BCUT2D eigenvalue weighted by Gasteiger charge is -2.33. The summed E-state index contributed by atoms with van der Waals surface area (Å²) in [4.78, 5) is 30.8. The predicted octanol–water partition coefficient (Wildman–Crippen LogP) is 5.72. The van der Waals surface area contributed by atoms with Gasteiger partial charge < -0.3 is 20.4 Å². The Hall–Kier alpha value is -2.60. The molecule has 0 aliphatic carbocycles. The van der Waals surface area contributed by atoms with Crippen LogP contribution < -0.4 is 10.2 Å². The zero-order chi connectivity index (χ0) is 27.1. The molecular formula is C24H18Cl4F3N3O4. The number of carbonyl (C=O) groups excluding carboxylic acids is 2. The van der Waals surface area contributed by atoms with Gasteiger partial charge in [0, 0.05) is 29.7 Å². The lowest BCUT2D eigenvalue weighted by atomic mass is 9.86. The standard InChI is InChI=1S/C24H17Cl3F3N3O4.ClH/c25-13-2-3-19-15(7-13)23(37,11-34)24(29,30)5-6-33(19)22(36)12-1-4-20(31-10-12)32-21(35)14-8-18(28)17(27)9-16(14)26;/h1-4,7-10,34,37H,5-6,11H2,(H,31,32,35);1H/t23-;/m0./s1. The number of nitrogens with zero attached hydrogens (tertiary/aromatic N) is 2. The number of aromatic nitrogens is 1. The first-order valence-electron chi connectivity index (χ1n) is 10.6. The number of aliphatic hydroxyl groups is 2. The molecule has 3 N–H and O–H groups in total. The third-order valence-corrected chi connectivity index (χ3v) is 6.77. The van der Waals surface area contributed by atoms with Crippen molar-refractivity contribution in [2.24, 2.45) is 0 Å². The quantitative estimate of drug-likeness (QED) is 0.328. The van der Waals surface area contributed by atoms with Gasteiger partial charge in [-0.1, -0.05) is 34.8 Å². The van der Waals surface area contributed by atoms with Gasteiger partial charge in [0.05, 0.1) is 33.5 Å². The highest BCUT2D eigenvalue weighted by Gasteiger charge is 2.56. The van der Waals surface area contributed by atoms with Gasteiger partial charge in [0.15, 0.2) is 5.60 Å². The number of hydrogen-bond donors (Lipinski definition) is 3. The first kappa shape index (κ1) is 29.9. The number of nitrogens with one attached hydrogen (secondary N) is 1. The van der Waals surface area contributed by atoms with Crippen molar-refractivity contribution in [1.82, 2.24) is 4.98 Å². The van der Waals surface area contributed by atoms with Gasteiger partial charge in [0.25, 0.3) is 17.7 Å². The van der Waals surface area contributed by atoms with Gasteiger partial charge >= 0.3 is 0 Å². The fourth-order valence-corrected chi connectivity index (χ4v) is 4.53. The SMILES string of the molecule is Cl.O=C(Nc1ccc(C(=O)N2CCC(F)(F)[C@](O)(CO)c3cc(Cl)ccc32)cn1)c1cc(F)c(Cl)cc1Cl. The Morgan fingerprint density at radius 1 is 1.08 bits per heavy atom. The number of rotatable bonds is 4. The molecule has 0 unspecified atom stereocenters. The van der Waals surface area contributed by atoms with Gasteiger partial charge in [-0.3, -0.25) is 9.59 Å². The van der Waals surface area contributed by atoms with Gasteiger partial charge in [-0.15, -0.1) is 12.4 Å². The van der Waals surface area contributed by atoms with Gasteiger partial charge in [0.1, 0.15) is 11.6 Å². The summed E-state index contributed by atoms with van der Waals surface area (Å²) in [5.74, 6) is -6.13. The van der Waals surface area contributed by atoms with E-state index in [9.17, 15) is 33.0 Å². The Morgan fingerprint density at radius 3 is 2.42 bits per heavy atom. The Bertz CT molecular complexity index is 1400. The van der Waals surface area contributed by atoms with E-state index in [1.807, 2.05) is 0 Å². The topological polar surface area (TPSA) is 103 Å². The number of halogens is 7. The number of fused-ring (bicyclic) bond motifs is 1. The highest BCUT2D eigenvalue weighted by Crippen LogP contribution is 2.47. The largest absolute Gasteiger partial charge is 0.393 e.